The highest BCUT2D eigenvalue weighted by molar-refractivity contribution is 7.99. The van der Waals surface area contributed by atoms with Crippen LogP contribution in [0.3, 0.4) is 0 Å². The number of rotatable bonds is 12. The number of amides is 2. The van der Waals surface area contributed by atoms with E-state index in [4.69, 9.17) is 14.6 Å². The fourth-order valence-electron chi connectivity index (χ4n) is 4.89. The number of fused-ring (bicyclic) bond motifs is 1. The molecule has 0 fully saturated rings. The summed E-state index contributed by atoms with van der Waals surface area (Å²) in [6.45, 7) is 15.2. The highest BCUT2D eigenvalue weighted by atomic mass is 32.2. The monoisotopic (exact) mass is 592 g/mol. The Kier molecular flexibility index (Phi) is 10.2. The van der Waals surface area contributed by atoms with Gasteiger partial charge in [0.2, 0.25) is 11.1 Å². The largest absolute Gasteiger partial charge is 0.490 e. The third-order valence-electron chi connectivity index (χ3n) is 7.25. The van der Waals surface area contributed by atoms with Crippen LogP contribution in [0.1, 0.15) is 57.4 Å². The van der Waals surface area contributed by atoms with Gasteiger partial charge < -0.3 is 25.0 Å². The van der Waals surface area contributed by atoms with Crippen molar-refractivity contribution < 1.29 is 19.1 Å². The smallest absolute Gasteiger partial charge is 0.260 e. The number of nitrogens with one attached hydrogen (secondary N) is 2. The van der Waals surface area contributed by atoms with Gasteiger partial charge in [0.15, 0.2) is 18.1 Å². The van der Waals surface area contributed by atoms with Crippen LogP contribution in [-0.4, -0.2) is 63.5 Å². The zero-order valence-electron chi connectivity index (χ0n) is 25.4. The van der Waals surface area contributed by atoms with Crippen LogP contribution in [-0.2, 0) is 9.59 Å². The molecule has 1 atom stereocenters. The minimum absolute atomic E-state index is 0.0953. The zero-order chi connectivity index (χ0) is 30.4. The van der Waals surface area contributed by atoms with Gasteiger partial charge in [0.1, 0.15) is 6.04 Å². The van der Waals surface area contributed by atoms with Gasteiger partial charge in [0.25, 0.3) is 11.8 Å². The van der Waals surface area contributed by atoms with Crippen molar-refractivity contribution in [1.82, 2.24) is 19.7 Å². The third-order valence-corrected chi connectivity index (χ3v) is 7.97. The second kappa shape index (κ2) is 13.8. The number of thioether (sulfide) groups is 1. The standard InChI is InChI=1S/C31H40N6O4S/c1-8-36(9-2)26(38)18-41-24-16-15-22(17-25(24)40-10-3)28-27(29(39)33-23-14-12-13-19(5)20(23)6)21(7)32-30-34-31(42-11-4)35-37(28)30/h12-17,28H,8-11,18H2,1-7H3,(H,33,39)(H,32,34,35). The lowest BCUT2D eigenvalue weighted by Crippen LogP contribution is -2.34. The summed E-state index contributed by atoms with van der Waals surface area (Å²) in [6, 6.07) is 10.8. The molecule has 224 valence electrons. The van der Waals surface area contributed by atoms with Crippen molar-refractivity contribution in [2.24, 2.45) is 0 Å². The maximum atomic E-state index is 14.0. The van der Waals surface area contributed by atoms with E-state index in [1.807, 2.05) is 78.8 Å². The normalized spacial score (nSPS) is 14.2. The second-order valence-corrected chi connectivity index (χ2v) is 11.1. The number of likely N-dealkylation sites (N-methyl/N-ethyl adjacent to an activating group) is 1. The van der Waals surface area contributed by atoms with Gasteiger partial charge in [-0.2, -0.15) is 4.98 Å². The van der Waals surface area contributed by atoms with Crippen LogP contribution in [0.5, 0.6) is 11.5 Å². The van der Waals surface area contributed by atoms with Gasteiger partial charge in [0, 0.05) is 24.5 Å². The van der Waals surface area contributed by atoms with Crippen LogP contribution in [0, 0.1) is 13.8 Å². The van der Waals surface area contributed by atoms with Gasteiger partial charge in [0.05, 0.1) is 12.2 Å². The van der Waals surface area contributed by atoms with Gasteiger partial charge in [-0.15, -0.1) is 5.10 Å². The van der Waals surface area contributed by atoms with Crippen LogP contribution < -0.4 is 20.1 Å². The number of nitrogens with zero attached hydrogens (tertiary/aromatic N) is 4. The van der Waals surface area contributed by atoms with Gasteiger partial charge >= 0.3 is 0 Å². The zero-order valence-corrected chi connectivity index (χ0v) is 26.2. The van der Waals surface area contributed by atoms with Crippen molar-refractivity contribution in [1.29, 1.82) is 0 Å². The summed E-state index contributed by atoms with van der Waals surface area (Å²) in [7, 11) is 0. The molecule has 3 aromatic rings. The molecule has 0 saturated carbocycles. The number of hydrogen-bond acceptors (Lipinski definition) is 8. The maximum Gasteiger partial charge on any atom is 0.260 e. The van der Waals surface area contributed by atoms with Crippen LogP contribution in [0.4, 0.5) is 11.6 Å². The van der Waals surface area contributed by atoms with Gasteiger partial charge in [-0.25, -0.2) is 4.68 Å². The number of carbonyl (C=O) groups excluding carboxylic acids is 2. The summed E-state index contributed by atoms with van der Waals surface area (Å²) < 4.78 is 13.6. The number of allylic oxidation sites excluding steroid dienone is 1. The molecule has 0 bridgehead atoms. The molecule has 11 heteroatoms. The summed E-state index contributed by atoms with van der Waals surface area (Å²) in [4.78, 5) is 32.9. The number of aromatic nitrogens is 3. The minimum atomic E-state index is -0.587. The first-order chi connectivity index (χ1) is 20.2. The fraction of sp³-hybridized carbons (Fsp3) is 0.419. The Morgan fingerprint density at radius 1 is 1.05 bits per heavy atom. The first-order valence-electron chi connectivity index (χ1n) is 14.3. The predicted octanol–water partition coefficient (Wildman–Crippen LogP) is 5.58. The molecule has 2 heterocycles. The van der Waals surface area contributed by atoms with Gasteiger partial charge in [-0.1, -0.05) is 36.9 Å². The average molecular weight is 593 g/mol. The van der Waals surface area contributed by atoms with Crippen molar-refractivity contribution in [2.75, 3.05) is 42.7 Å². The topological polar surface area (TPSA) is 111 Å². The SMILES string of the molecule is CCOc1cc(C2C(C(=O)Nc3cccc(C)c3C)=C(C)Nc3nc(SCC)nn32)ccc1OCC(=O)N(CC)CC. The maximum absolute atomic E-state index is 14.0. The number of hydrogen-bond donors (Lipinski definition) is 2. The van der Waals surface area contributed by atoms with Crippen LogP contribution in [0.2, 0.25) is 0 Å². The molecule has 0 radical (unpaired) electrons. The molecule has 2 aromatic carbocycles. The highest BCUT2D eigenvalue weighted by Gasteiger charge is 2.35. The Bertz CT molecular complexity index is 1480. The Hall–Kier alpha value is -3.99. The van der Waals surface area contributed by atoms with Crippen LogP contribution in [0.15, 0.2) is 52.8 Å². The van der Waals surface area contributed by atoms with E-state index in [0.29, 0.717) is 53.6 Å². The average Bonchev–Trinajstić information content (AvgIpc) is 3.36. The number of carbonyl (C=O) groups is 2. The molecule has 42 heavy (non-hydrogen) atoms. The molecule has 1 aliphatic rings. The minimum Gasteiger partial charge on any atom is -0.490 e. The Labute approximate surface area is 251 Å². The molecule has 2 amide bonds. The van der Waals surface area contributed by atoms with Crippen molar-refractivity contribution in [3.05, 3.63) is 64.4 Å². The lowest BCUT2D eigenvalue weighted by molar-refractivity contribution is -0.133. The number of aryl methyl sites for hydroxylation is 1. The predicted molar refractivity (Wildman–Crippen MR) is 166 cm³/mol. The second-order valence-electron chi connectivity index (χ2n) is 9.86. The summed E-state index contributed by atoms with van der Waals surface area (Å²) in [6.07, 6.45) is 0. The molecule has 1 aromatic heterocycles. The van der Waals surface area contributed by atoms with E-state index in [1.165, 1.54) is 11.8 Å². The lowest BCUT2D eigenvalue weighted by atomic mass is 9.94. The summed E-state index contributed by atoms with van der Waals surface area (Å²) in [5.74, 6) is 1.97. The van der Waals surface area contributed by atoms with Crippen molar-refractivity contribution in [3.8, 4) is 11.5 Å². The van der Waals surface area contributed by atoms with E-state index in [9.17, 15) is 9.59 Å². The lowest BCUT2D eigenvalue weighted by Gasteiger charge is -2.29. The van der Waals surface area contributed by atoms with E-state index in [1.54, 1.807) is 15.6 Å². The van der Waals surface area contributed by atoms with Gasteiger partial charge in [-0.3, -0.25) is 9.59 Å². The molecule has 1 aliphatic heterocycles. The Morgan fingerprint density at radius 3 is 2.50 bits per heavy atom. The number of ether oxygens (including phenoxy) is 2. The molecule has 0 aliphatic carbocycles. The fourth-order valence-corrected chi connectivity index (χ4v) is 5.44. The molecular weight excluding hydrogens is 552 g/mol. The van der Waals surface area contributed by atoms with E-state index < -0.39 is 6.04 Å². The Morgan fingerprint density at radius 2 is 1.81 bits per heavy atom. The van der Waals surface area contributed by atoms with E-state index in [-0.39, 0.29) is 18.4 Å². The van der Waals surface area contributed by atoms with Crippen LogP contribution in [0.25, 0.3) is 0 Å². The first kappa shape index (κ1) is 31.0. The van der Waals surface area contributed by atoms with E-state index >= 15 is 0 Å². The summed E-state index contributed by atoms with van der Waals surface area (Å²) in [5, 5.41) is 11.8. The highest BCUT2D eigenvalue weighted by Crippen LogP contribution is 2.40. The summed E-state index contributed by atoms with van der Waals surface area (Å²) in [5.41, 5.74) is 4.81. The first-order valence-corrected chi connectivity index (χ1v) is 15.3. The Balaban J connectivity index is 1.75. The summed E-state index contributed by atoms with van der Waals surface area (Å²) >= 11 is 1.53. The molecule has 4 rings (SSSR count). The quantitative estimate of drug-likeness (QED) is 0.262. The molecular formula is C31H40N6O4S. The third kappa shape index (κ3) is 6.56. The molecule has 2 N–H and O–H groups in total. The number of benzene rings is 2. The van der Waals surface area contributed by atoms with E-state index in [0.717, 1.165) is 28.1 Å². The van der Waals surface area contributed by atoms with Crippen molar-refractivity contribution >= 4 is 35.2 Å². The molecule has 0 spiro atoms. The van der Waals surface area contributed by atoms with Gasteiger partial charge in [-0.05, 0) is 82.2 Å². The van der Waals surface area contributed by atoms with E-state index in [2.05, 4.69) is 15.6 Å². The number of anilines is 2. The molecule has 0 saturated heterocycles. The molecule has 1 unspecified atom stereocenters. The van der Waals surface area contributed by atoms with Crippen molar-refractivity contribution in [3.63, 3.8) is 0 Å². The van der Waals surface area contributed by atoms with Crippen LogP contribution >= 0.6 is 11.8 Å². The van der Waals surface area contributed by atoms with Crippen molar-refractivity contribution in [2.45, 2.75) is 59.7 Å². The molecule has 10 nitrogen and oxygen atoms in total.